The summed E-state index contributed by atoms with van der Waals surface area (Å²) in [6, 6.07) is 17.9. The van der Waals surface area contributed by atoms with Crippen molar-refractivity contribution >= 4 is 10.9 Å². The molecule has 0 fully saturated rings. The van der Waals surface area contributed by atoms with Crippen LogP contribution >= 0.6 is 0 Å². The van der Waals surface area contributed by atoms with Crippen LogP contribution in [-0.4, -0.2) is 11.5 Å². The molecule has 0 amide bonds. The van der Waals surface area contributed by atoms with Gasteiger partial charge in [0.2, 0.25) is 0 Å². The molecule has 3 aromatic rings. The summed E-state index contributed by atoms with van der Waals surface area (Å²) in [6.07, 6.45) is 2.64. The number of benzene rings is 2. The van der Waals surface area contributed by atoms with E-state index in [-0.39, 0.29) is 0 Å². The van der Waals surface area contributed by atoms with Gasteiger partial charge < -0.3 is 10.5 Å². The topological polar surface area (TPSA) is 48.1 Å². The average molecular weight is 264 g/mol. The van der Waals surface area contributed by atoms with E-state index < -0.39 is 0 Å². The zero-order chi connectivity index (χ0) is 13.8. The molecule has 1 heterocycles. The van der Waals surface area contributed by atoms with Crippen LogP contribution < -0.4 is 10.5 Å². The van der Waals surface area contributed by atoms with Gasteiger partial charge in [-0.05, 0) is 54.9 Å². The van der Waals surface area contributed by atoms with Crippen LogP contribution in [0, 0.1) is 0 Å². The Morgan fingerprint density at radius 1 is 1.00 bits per heavy atom. The quantitative estimate of drug-likeness (QED) is 0.784. The monoisotopic (exact) mass is 264 g/mol. The van der Waals surface area contributed by atoms with Crippen LogP contribution in [0.2, 0.25) is 0 Å². The largest absolute Gasteiger partial charge is 0.457 e. The number of fused-ring (bicyclic) bond motifs is 1. The number of pyridine rings is 1. The second kappa shape index (κ2) is 5.72. The van der Waals surface area contributed by atoms with Crippen molar-refractivity contribution in [2.24, 2.45) is 5.73 Å². The minimum atomic E-state index is 0.641. The number of hydrogen-bond acceptors (Lipinski definition) is 3. The summed E-state index contributed by atoms with van der Waals surface area (Å²) in [5.41, 5.74) is 7.71. The van der Waals surface area contributed by atoms with E-state index in [0.29, 0.717) is 6.54 Å². The van der Waals surface area contributed by atoms with E-state index in [1.165, 1.54) is 5.56 Å². The number of rotatable bonds is 4. The summed E-state index contributed by atoms with van der Waals surface area (Å²) in [7, 11) is 0. The van der Waals surface area contributed by atoms with Crippen LogP contribution in [-0.2, 0) is 6.42 Å². The minimum absolute atomic E-state index is 0.641. The van der Waals surface area contributed by atoms with Gasteiger partial charge in [-0.25, -0.2) is 0 Å². The highest BCUT2D eigenvalue weighted by molar-refractivity contribution is 5.85. The predicted octanol–water partition coefficient (Wildman–Crippen LogP) is 3.53. The molecule has 3 nitrogen and oxygen atoms in total. The van der Waals surface area contributed by atoms with E-state index in [2.05, 4.69) is 11.1 Å². The molecule has 0 aliphatic heterocycles. The Hall–Kier alpha value is -2.39. The summed E-state index contributed by atoms with van der Waals surface area (Å²) in [5, 5.41) is 1.01. The molecule has 3 heteroatoms. The van der Waals surface area contributed by atoms with E-state index in [1.807, 2.05) is 48.5 Å². The van der Waals surface area contributed by atoms with Crippen LogP contribution in [0.3, 0.4) is 0 Å². The van der Waals surface area contributed by atoms with Gasteiger partial charge in [0.25, 0.3) is 0 Å². The third-order valence-electron chi connectivity index (χ3n) is 3.16. The standard InChI is InChI=1S/C17H16N2O/c18-10-9-13-4-1-5-14(12-13)20-17-8-2-7-16-15(17)6-3-11-19-16/h1-8,11-12H,9-10,18H2. The van der Waals surface area contributed by atoms with Gasteiger partial charge in [0.1, 0.15) is 11.5 Å². The van der Waals surface area contributed by atoms with Gasteiger partial charge in [-0.1, -0.05) is 18.2 Å². The Morgan fingerprint density at radius 2 is 1.90 bits per heavy atom. The molecule has 1 aromatic heterocycles. The van der Waals surface area contributed by atoms with Gasteiger partial charge >= 0.3 is 0 Å². The summed E-state index contributed by atoms with van der Waals surface area (Å²) in [5.74, 6) is 1.65. The molecule has 0 spiro atoms. The minimum Gasteiger partial charge on any atom is -0.457 e. The Balaban J connectivity index is 1.95. The molecule has 2 N–H and O–H groups in total. The fourth-order valence-corrected chi connectivity index (χ4v) is 2.22. The molecule has 100 valence electrons. The number of aromatic nitrogens is 1. The summed E-state index contributed by atoms with van der Waals surface area (Å²) >= 11 is 0. The molecule has 3 rings (SSSR count). The van der Waals surface area contributed by atoms with E-state index in [0.717, 1.165) is 28.8 Å². The zero-order valence-electron chi connectivity index (χ0n) is 11.1. The number of ether oxygens (including phenoxy) is 1. The van der Waals surface area contributed by atoms with Crippen molar-refractivity contribution in [1.82, 2.24) is 4.98 Å². The van der Waals surface area contributed by atoms with Gasteiger partial charge in [0, 0.05) is 11.6 Å². The lowest BCUT2D eigenvalue weighted by atomic mass is 10.1. The first-order chi connectivity index (χ1) is 9.86. The second-order valence-corrected chi connectivity index (χ2v) is 4.61. The molecule has 0 radical (unpaired) electrons. The molecule has 0 atom stereocenters. The maximum Gasteiger partial charge on any atom is 0.136 e. The van der Waals surface area contributed by atoms with Gasteiger partial charge in [0.05, 0.1) is 5.52 Å². The summed E-state index contributed by atoms with van der Waals surface area (Å²) < 4.78 is 6.00. The van der Waals surface area contributed by atoms with Crippen LogP contribution in [0.25, 0.3) is 10.9 Å². The van der Waals surface area contributed by atoms with Crippen molar-refractivity contribution in [2.75, 3.05) is 6.54 Å². The third-order valence-corrected chi connectivity index (χ3v) is 3.16. The fraction of sp³-hybridized carbons (Fsp3) is 0.118. The van der Waals surface area contributed by atoms with E-state index in [4.69, 9.17) is 10.5 Å². The van der Waals surface area contributed by atoms with Gasteiger partial charge in [-0.15, -0.1) is 0 Å². The number of hydrogen-bond donors (Lipinski definition) is 1. The number of nitrogens with zero attached hydrogens (tertiary/aromatic N) is 1. The molecule has 0 bridgehead atoms. The summed E-state index contributed by atoms with van der Waals surface area (Å²) in [6.45, 7) is 0.641. The number of nitrogens with two attached hydrogens (primary N) is 1. The Labute approximate surface area is 118 Å². The molecular weight excluding hydrogens is 248 g/mol. The Bertz CT molecular complexity index is 720. The van der Waals surface area contributed by atoms with Crippen LogP contribution in [0.4, 0.5) is 0 Å². The van der Waals surface area contributed by atoms with E-state index >= 15 is 0 Å². The van der Waals surface area contributed by atoms with Gasteiger partial charge in [0.15, 0.2) is 0 Å². The highest BCUT2D eigenvalue weighted by atomic mass is 16.5. The zero-order valence-corrected chi connectivity index (χ0v) is 11.1. The second-order valence-electron chi connectivity index (χ2n) is 4.61. The lowest BCUT2D eigenvalue weighted by molar-refractivity contribution is 0.487. The van der Waals surface area contributed by atoms with Gasteiger partial charge in [-0.3, -0.25) is 4.98 Å². The van der Waals surface area contributed by atoms with Crippen molar-refractivity contribution < 1.29 is 4.74 Å². The molecule has 20 heavy (non-hydrogen) atoms. The first kappa shape index (κ1) is 12.6. The Kier molecular flexibility index (Phi) is 3.61. The highest BCUT2D eigenvalue weighted by Gasteiger charge is 2.04. The molecule has 2 aromatic carbocycles. The van der Waals surface area contributed by atoms with Gasteiger partial charge in [-0.2, -0.15) is 0 Å². The predicted molar refractivity (Wildman–Crippen MR) is 81.0 cm³/mol. The lowest BCUT2D eigenvalue weighted by Crippen LogP contribution is -2.02. The molecule has 0 aliphatic rings. The maximum atomic E-state index is 6.00. The highest BCUT2D eigenvalue weighted by Crippen LogP contribution is 2.29. The SMILES string of the molecule is NCCc1cccc(Oc2cccc3ncccc23)c1. The fourth-order valence-electron chi connectivity index (χ4n) is 2.22. The van der Waals surface area contributed by atoms with Crippen molar-refractivity contribution in [3.63, 3.8) is 0 Å². The molecule has 0 aliphatic carbocycles. The smallest absolute Gasteiger partial charge is 0.136 e. The van der Waals surface area contributed by atoms with Crippen LogP contribution in [0.1, 0.15) is 5.56 Å². The van der Waals surface area contributed by atoms with E-state index in [9.17, 15) is 0 Å². The first-order valence-electron chi connectivity index (χ1n) is 6.67. The molecule has 0 unspecified atom stereocenters. The van der Waals surface area contributed by atoms with Crippen molar-refractivity contribution in [1.29, 1.82) is 0 Å². The molecule has 0 saturated carbocycles. The van der Waals surface area contributed by atoms with E-state index in [1.54, 1.807) is 6.20 Å². The Morgan fingerprint density at radius 3 is 2.80 bits per heavy atom. The molecule has 0 saturated heterocycles. The van der Waals surface area contributed by atoms with Crippen molar-refractivity contribution in [3.05, 3.63) is 66.4 Å². The normalized spacial score (nSPS) is 10.7. The first-order valence-corrected chi connectivity index (χ1v) is 6.67. The third kappa shape index (κ3) is 2.63. The average Bonchev–Trinajstić information content (AvgIpc) is 2.48. The van der Waals surface area contributed by atoms with Crippen LogP contribution in [0.5, 0.6) is 11.5 Å². The lowest BCUT2D eigenvalue weighted by Gasteiger charge is -2.09. The maximum absolute atomic E-state index is 6.00. The molecular formula is C17H16N2O. The summed E-state index contributed by atoms with van der Waals surface area (Å²) in [4.78, 5) is 4.33. The van der Waals surface area contributed by atoms with Crippen LogP contribution in [0.15, 0.2) is 60.8 Å². The van der Waals surface area contributed by atoms with Crippen molar-refractivity contribution in [2.45, 2.75) is 6.42 Å². The van der Waals surface area contributed by atoms with Crippen molar-refractivity contribution in [3.8, 4) is 11.5 Å².